The van der Waals surface area contributed by atoms with Crippen LogP contribution < -0.4 is 0 Å². The van der Waals surface area contributed by atoms with E-state index in [1.54, 1.807) is 7.11 Å². The van der Waals surface area contributed by atoms with E-state index >= 15 is 0 Å². The molecule has 1 N–H and O–H groups in total. The minimum Gasteiger partial charge on any atom is -0.388 e. The predicted octanol–water partition coefficient (Wildman–Crippen LogP) is 0.820. The second-order valence-electron chi connectivity index (χ2n) is 5.55. The van der Waals surface area contributed by atoms with Gasteiger partial charge in [-0.05, 0) is 31.8 Å². The van der Waals surface area contributed by atoms with Crippen molar-refractivity contribution in [2.45, 2.75) is 31.5 Å². The minimum absolute atomic E-state index is 0.401. The predicted molar refractivity (Wildman–Crippen MR) is 65.0 cm³/mol. The van der Waals surface area contributed by atoms with E-state index in [0.717, 1.165) is 43.9 Å². The smallest absolute Gasteiger partial charge is 0.140 e. The van der Waals surface area contributed by atoms with E-state index in [9.17, 15) is 5.11 Å². The molecule has 3 aliphatic heterocycles. The molecule has 5 heteroatoms. The molecule has 100 valence electrons. The number of ether oxygens (including phenoxy) is 1. The summed E-state index contributed by atoms with van der Waals surface area (Å²) in [6.07, 6.45) is 2.75. The second-order valence-corrected chi connectivity index (χ2v) is 5.55. The van der Waals surface area contributed by atoms with Gasteiger partial charge in [0.1, 0.15) is 11.5 Å². The van der Waals surface area contributed by atoms with Crippen LogP contribution in [0.3, 0.4) is 0 Å². The molecule has 0 spiro atoms. The maximum Gasteiger partial charge on any atom is 0.140 e. The number of rotatable bonds is 4. The summed E-state index contributed by atoms with van der Waals surface area (Å²) >= 11 is 0. The maximum atomic E-state index is 10.8. The third-order valence-corrected chi connectivity index (χ3v) is 4.23. The fraction of sp³-hybridized carbons (Fsp3) is 0.769. The number of fused-ring (bicyclic) bond motifs is 3. The van der Waals surface area contributed by atoms with E-state index in [1.165, 1.54) is 0 Å². The van der Waals surface area contributed by atoms with Crippen LogP contribution in [0.25, 0.3) is 0 Å². The van der Waals surface area contributed by atoms with Crippen molar-refractivity contribution in [1.82, 2.24) is 10.1 Å². The molecule has 0 saturated carbocycles. The molecule has 0 aliphatic carbocycles. The van der Waals surface area contributed by atoms with E-state index in [1.807, 2.05) is 6.07 Å². The van der Waals surface area contributed by atoms with E-state index in [2.05, 4.69) is 10.1 Å². The van der Waals surface area contributed by atoms with Gasteiger partial charge in [0, 0.05) is 26.1 Å². The molecule has 1 aromatic heterocycles. The average Bonchev–Trinajstić information content (AvgIpc) is 2.77. The van der Waals surface area contributed by atoms with Crippen LogP contribution >= 0.6 is 0 Å². The number of aromatic nitrogens is 1. The lowest BCUT2D eigenvalue weighted by molar-refractivity contribution is -0.113. The fourth-order valence-corrected chi connectivity index (χ4v) is 3.30. The van der Waals surface area contributed by atoms with Crippen LogP contribution in [0.4, 0.5) is 0 Å². The summed E-state index contributed by atoms with van der Waals surface area (Å²) in [4.78, 5) is 2.34. The van der Waals surface area contributed by atoms with Gasteiger partial charge >= 0.3 is 0 Å². The van der Waals surface area contributed by atoms with Crippen LogP contribution in [0.15, 0.2) is 10.6 Å². The van der Waals surface area contributed by atoms with Gasteiger partial charge in [-0.2, -0.15) is 0 Å². The third-order valence-electron chi connectivity index (χ3n) is 4.23. The summed E-state index contributed by atoms with van der Waals surface area (Å²) in [5.41, 5.74) is 0.151. The Labute approximate surface area is 107 Å². The number of nitrogens with zero attached hydrogens (tertiary/aromatic N) is 2. The Morgan fingerprint density at radius 2 is 2.33 bits per heavy atom. The monoisotopic (exact) mass is 252 g/mol. The Balaban J connectivity index is 1.70. The highest BCUT2D eigenvalue weighted by molar-refractivity contribution is 5.11. The number of methoxy groups -OCH3 is 1. The van der Waals surface area contributed by atoms with Crippen molar-refractivity contribution in [3.8, 4) is 0 Å². The Kier molecular flexibility index (Phi) is 3.13. The number of piperidine rings is 3. The average molecular weight is 252 g/mol. The van der Waals surface area contributed by atoms with Crippen LogP contribution in [-0.4, -0.2) is 47.5 Å². The van der Waals surface area contributed by atoms with E-state index in [4.69, 9.17) is 9.26 Å². The van der Waals surface area contributed by atoms with Gasteiger partial charge in [0.2, 0.25) is 0 Å². The zero-order chi connectivity index (χ0) is 12.6. The molecule has 5 nitrogen and oxygen atoms in total. The topological polar surface area (TPSA) is 58.7 Å². The maximum absolute atomic E-state index is 10.8. The molecule has 3 fully saturated rings. The van der Waals surface area contributed by atoms with Gasteiger partial charge in [-0.3, -0.25) is 0 Å². The van der Waals surface area contributed by atoms with Crippen LogP contribution in [-0.2, 0) is 17.8 Å². The molecule has 0 amide bonds. The van der Waals surface area contributed by atoms with Crippen LogP contribution in [0.5, 0.6) is 0 Å². The van der Waals surface area contributed by atoms with Crippen LogP contribution in [0.1, 0.15) is 24.3 Å². The van der Waals surface area contributed by atoms with Crippen molar-refractivity contribution >= 4 is 0 Å². The van der Waals surface area contributed by atoms with Crippen LogP contribution in [0.2, 0.25) is 0 Å². The SMILES string of the molecule is COCc1cc(CC2(O)CN3CCC2CC3)on1. The molecule has 1 atom stereocenters. The van der Waals surface area contributed by atoms with Gasteiger partial charge < -0.3 is 19.3 Å². The molecule has 0 aromatic carbocycles. The Hall–Kier alpha value is -0.910. The van der Waals surface area contributed by atoms with E-state index in [-0.39, 0.29) is 0 Å². The highest BCUT2D eigenvalue weighted by Gasteiger charge is 2.45. The van der Waals surface area contributed by atoms with Gasteiger partial charge in [-0.1, -0.05) is 5.16 Å². The molecule has 1 aromatic rings. The second kappa shape index (κ2) is 4.64. The molecular weight excluding hydrogens is 232 g/mol. The van der Waals surface area contributed by atoms with Gasteiger partial charge in [0.25, 0.3) is 0 Å². The lowest BCUT2D eigenvalue weighted by Crippen LogP contribution is -2.60. The van der Waals surface area contributed by atoms with E-state index < -0.39 is 5.60 Å². The third kappa shape index (κ3) is 2.18. The Morgan fingerprint density at radius 3 is 2.94 bits per heavy atom. The standard InChI is InChI=1S/C13H20N2O3/c1-17-8-11-6-12(18-14-11)7-13(16)9-15-4-2-10(13)3-5-15/h6,10,16H,2-5,7-9H2,1H3. The lowest BCUT2D eigenvalue weighted by Gasteiger charge is -2.50. The molecule has 3 aliphatic rings. The first kappa shape index (κ1) is 12.1. The minimum atomic E-state index is -0.639. The largest absolute Gasteiger partial charge is 0.388 e. The molecule has 18 heavy (non-hydrogen) atoms. The zero-order valence-electron chi connectivity index (χ0n) is 10.8. The summed E-state index contributed by atoms with van der Waals surface area (Å²) < 4.78 is 10.3. The Bertz CT molecular complexity index is 412. The van der Waals surface area contributed by atoms with Gasteiger partial charge in [0.15, 0.2) is 0 Å². The summed E-state index contributed by atoms with van der Waals surface area (Å²) in [6, 6.07) is 1.89. The van der Waals surface area contributed by atoms with Gasteiger partial charge in [0.05, 0.1) is 12.2 Å². The molecular formula is C13H20N2O3. The van der Waals surface area contributed by atoms with E-state index in [0.29, 0.717) is 18.9 Å². The first-order valence-electron chi connectivity index (χ1n) is 6.58. The number of hydrogen-bond donors (Lipinski definition) is 1. The summed E-state index contributed by atoms with van der Waals surface area (Å²) in [5, 5.41) is 14.7. The van der Waals surface area contributed by atoms with Gasteiger partial charge in [-0.25, -0.2) is 0 Å². The number of aliphatic hydroxyl groups is 1. The molecule has 4 rings (SSSR count). The van der Waals surface area contributed by atoms with Crippen LogP contribution in [0, 0.1) is 5.92 Å². The van der Waals surface area contributed by atoms with Crippen molar-refractivity contribution in [1.29, 1.82) is 0 Å². The number of hydrogen-bond acceptors (Lipinski definition) is 5. The zero-order valence-corrected chi connectivity index (χ0v) is 10.8. The molecule has 4 heterocycles. The van der Waals surface area contributed by atoms with Gasteiger partial charge in [-0.15, -0.1) is 0 Å². The Morgan fingerprint density at radius 1 is 1.56 bits per heavy atom. The van der Waals surface area contributed by atoms with Crippen molar-refractivity contribution in [2.75, 3.05) is 26.7 Å². The molecule has 3 saturated heterocycles. The quantitative estimate of drug-likeness (QED) is 0.859. The first-order chi connectivity index (χ1) is 8.69. The molecule has 0 radical (unpaired) electrons. The first-order valence-corrected chi connectivity index (χ1v) is 6.58. The lowest BCUT2D eigenvalue weighted by atomic mass is 9.73. The fourth-order valence-electron chi connectivity index (χ4n) is 3.30. The van der Waals surface area contributed by atoms with Crippen molar-refractivity contribution in [3.63, 3.8) is 0 Å². The van der Waals surface area contributed by atoms with Crippen molar-refractivity contribution in [3.05, 3.63) is 17.5 Å². The van der Waals surface area contributed by atoms with Crippen molar-refractivity contribution in [2.24, 2.45) is 5.92 Å². The molecule has 1 unspecified atom stereocenters. The highest BCUT2D eigenvalue weighted by atomic mass is 16.5. The summed E-state index contributed by atoms with van der Waals surface area (Å²) in [6.45, 7) is 3.46. The summed E-state index contributed by atoms with van der Waals surface area (Å²) in [7, 11) is 1.63. The highest BCUT2D eigenvalue weighted by Crippen LogP contribution is 2.37. The van der Waals surface area contributed by atoms with Crippen molar-refractivity contribution < 1.29 is 14.4 Å². The summed E-state index contributed by atoms with van der Waals surface area (Å²) in [5.74, 6) is 1.16. The molecule has 2 bridgehead atoms. The normalized spacial score (nSPS) is 35.0.